The van der Waals surface area contributed by atoms with Crippen LogP contribution in [0.1, 0.15) is 5.56 Å². The summed E-state index contributed by atoms with van der Waals surface area (Å²) >= 11 is 5.99. The number of ether oxygens (including phenoxy) is 2. The summed E-state index contributed by atoms with van der Waals surface area (Å²) in [5.74, 6) is 1.66. The van der Waals surface area contributed by atoms with Crippen molar-refractivity contribution in [1.29, 1.82) is 0 Å². The lowest BCUT2D eigenvalue weighted by Gasteiger charge is -2.07. The number of methoxy groups -OCH3 is 1. The molecule has 0 saturated carbocycles. The Bertz CT molecular complexity index is 528. The van der Waals surface area contributed by atoms with Gasteiger partial charge in [-0.05, 0) is 35.9 Å². The van der Waals surface area contributed by atoms with Crippen molar-refractivity contribution in [2.75, 3.05) is 7.11 Å². The van der Waals surface area contributed by atoms with Crippen molar-refractivity contribution in [3.8, 4) is 17.4 Å². The number of hydrogen-bond donors (Lipinski definition) is 1. The van der Waals surface area contributed by atoms with E-state index in [0.29, 0.717) is 22.2 Å². The van der Waals surface area contributed by atoms with Crippen molar-refractivity contribution >= 4 is 11.6 Å². The summed E-state index contributed by atoms with van der Waals surface area (Å²) in [7, 11) is 1.60. The van der Waals surface area contributed by atoms with Gasteiger partial charge in [0.2, 0.25) is 5.88 Å². The van der Waals surface area contributed by atoms with E-state index in [1.165, 1.54) is 6.20 Å². The predicted octanol–water partition coefficient (Wildman–Crippen LogP) is 3.03. The molecule has 0 aliphatic carbocycles. The van der Waals surface area contributed by atoms with E-state index in [2.05, 4.69) is 4.98 Å². The molecule has 1 N–H and O–H groups in total. The molecule has 18 heavy (non-hydrogen) atoms. The average molecular weight is 266 g/mol. The van der Waals surface area contributed by atoms with Crippen LogP contribution in [-0.2, 0) is 6.61 Å². The second-order valence-corrected chi connectivity index (χ2v) is 3.97. The third-order valence-corrected chi connectivity index (χ3v) is 2.59. The Morgan fingerprint density at radius 2 is 1.89 bits per heavy atom. The smallest absolute Gasteiger partial charge is 0.238 e. The molecule has 0 spiro atoms. The first-order valence-electron chi connectivity index (χ1n) is 5.30. The van der Waals surface area contributed by atoms with Crippen molar-refractivity contribution in [2.45, 2.75) is 6.61 Å². The summed E-state index contributed by atoms with van der Waals surface area (Å²) in [6, 6.07) is 8.71. The molecule has 94 valence electrons. The number of halogens is 1. The number of hydrogen-bond acceptors (Lipinski definition) is 4. The number of rotatable bonds is 4. The Kier molecular flexibility index (Phi) is 4.02. The molecule has 0 bridgehead atoms. The van der Waals surface area contributed by atoms with E-state index in [4.69, 9.17) is 26.2 Å². The van der Waals surface area contributed by atoms with Gasteiger partial charge in [0.1, 0.15) is 16.5 Å². The normalized spacial score (nSPS) is 10.2. The molecule has 5 heteroatoms. The highest BCUT2D eigenvalue weighted by Gasteiger charge is 2.06. The van der Waals surface area contributed by atoms with Crippen LogP contribution in [0, 0.1) is 0 Å². The highest BCUT2D eigenvalue weighted by Crippen LogP contribution is 2.28. The number of aliphatic hydroxyl groups is 1. The maximum atomic E-state index is 8.95. The minimum Gasteiger partial charge on any atom is -0.497 e. The van der Waals surface area contributed by atoms with E-state index >= 15 is 0 Å². The molecule has 0 unspecified atom stereocenters. The molecule has 0 radical (unpaired) electrons. The van der Waals surface area contributed by atoms with E-state index < -0.39 is 0 Å². The van der Waals surface area contributed by atoms with Crippen LogP contribution >= 0.6 is 11.6 Å². The van der Waals surface area contributed by atoms with Crippen LogP contribution in [0.2, 0.25) is 5.02 Å². The van der Waals surface area contributed by atoms with Crippen LogP contribution in [0.15, 0.2) is 36.5 Å². The minimum absolute atomic E-state index is 0.102. The second kappa shape index (κ2) is 5.71. The quantitative estimate of drug-likeness (QED) is 0.923. The van der Waals surface area contributed by atoms with Gasteiger partial charge in [-0.3, -0.25) is 0 Å². The summed E-state index contributed by atoms with van der Waals surface area (Å²) in [5, 5.41) is 9.31. The molecule has 1 aromatic carbocycles. The number of benzene rings is 1. The first-order chi connectivity index (χ1) is 8.72. The fourth-order valence-electron chi connectivity index (χ4n) is 1.38. The fraction of sp³-hybridized carbons (Fsp3) is 0.154. The zero-order chi connectivity index (χ0) is 13.0. The van der Waals surface area contributed by atoms with Gasteiger partial charge in [-0.2, -0.15) is 0 Å². The third kappa shape index (κ3) is 2.91. The first-order valence-corrected chi connectivity index (χ1v) is 5.68. The van der Waals surface area contributed by atoms with Crippen LogP contribution in [0.25, 0.3) is 0 Å². The summed E-state index contributed by atoms with van der Waals surface area (Å²) in [5.41, 5.74) is 0.641. The largest absolute Gasteiger partial charge is 0.497 e. The molecule has 1 heterocycles. The summed E-state index contributed by atoms with van der Waals surface area (Å²) in [4.78, 5) is 4.04. The fourth-order valence-corrected chi connectivity index (χ4v) is 1.61. The van der Waals surface area contributed by atoms with Gasteiger partial charge in [0.15, 0.2) is 0 Å². The van der Waals surface area contributed by atoms with E-state index in [1.807, 2.05) is 0 Å². The Labute approximate surface area is 110 Å². The van der Waals surface area contributed by atoms with Gasteiger partial charge in [0.05, 0.1) is 13.7 Å². The van der Waals surface area contributed by atoms with Gasteiger partial charge in [0, 0.05) is 6.20 Å². The summed E-state index contributed by atoms with van der Waals surface area (Å²) in [6.07, 6.45) is 1.52. The molecule has 2 rings (SSSR count). The Balaban J connectivity index is 2.17. The van der Waals surface area contributed by atoms with E-state index in [0.717, 1.165) is 5.75 Å². The zero-order valence-corrected chi connectivity index (χ0v) is 10.5. The molecule has 2 aromatic rings. The van der Waals surface area contributed by atoms with Crippen LogP contribution in [-0.4, -0.2) is 17.2 Å². The Hall–Kier alpha value is -1.78. The monoisotopic (exact) mass is 265 g/mol. The van der Waals surface area contributed by atoms with Crippen molar-refractivity contribution in [3.05, 3.63) is 47.1 Å². The third-order valence-electron chi connectivity index (χ3n) is 2.32. The number of aromatic nitrogens is 1. The minimum atomic E-state index is -0.102. The molecule has 0 aliphatic rings. The standard InChI is InChI=1S/C13H12ClNO3/c1-17-10-2-4-11(5-3-10)18-13-12(14)6-9(8-16)7-15-13/h2-7,16H,8H2,1H3. The molecule has 4 nitrogen and oxygen atoms in total. The predicted molar refractivity (Wildman–Crippen MR) is 68.2 cm³/mol. The molecule has 0 amide bonds. The van der Waals surface area contributed by atoms with E-state index in [-0.39, 0.29) is 6.61 Å². The Morgan fingerprint density at radius 1 is 1.22 bits per heavy atom. The lowest BCUT2D eigenvalue weighted by atomic mass is 10.3. The molecule has 1 aromatic heterocycles. The van der Waals surface area contributed by atoms with Gasteiger partial charge in [-0.1, -0.05) is 11.6 Å². The van der Waals surface area contributed by atoms with Crippen LogP contribution in [0.4, 0.5) is 0 Å². The number of pyridine rings is 1. The zero-order valence-electron chi connectivity index (χ0n) is 9.76. The molecular formula is C13H12ClNO3. The van der Waals surface area contributed by atoms with Crippen LogP contribution < -0.4 is 9.47 Å². The second-order valence-electron chi connectivity index (χ2n) is 3.57. The molecular weight excluding hydrogens is 254 g/mol. The maximum absolute atomic E-state index is 8.95. The van der Waals surface area contributed by atoms with E-state index in [1.54, 1.807) is 37.4 Å². The van der Waals surface area contributed by atoms with Crippen molar-refractivity contribution in [3.63, 3.8) is 0 Å². The van der Waals surface area contributed by atoms with Gasteiger partial charge >= 0.3 is 0 Å². The van der Waals surface area contributed by atoms with Crippen molar-refractivity contribution in [2.24, 2.45) is 0 Å². The topological polar surface area (TPSA) is 51.6 Å². The molecule has 0 aliphatic heterocycles. The Morgan fingerprint density at radius 3 is 2.44 bits per heavy atom. The SMILES string of the molecule is COc1ccc(Oc2ncc(CO)cc2Cl)cc1. The van der Waals surface area contributed by atoms with Crippen molar-refractivity contribution in [1.82, 2.24) is 4.98 Å². The van der Waals surface area contributed by atoms with Gasteiger partial charge in [0.25, 0.3) is 0 Å². The highest BCUT2D eigenvalue weighted by atomic mass is 35.5. The lowest BCUT2D eigenvalue weighted by Crippen LogP contribution is -1.92. The van der Waals surface area contributed by atoms with E-state index in [9.17, 15) is 0 Å². The maximum Gasteiger partial charge on any atom is 0.238 e. The van der Waals surface area contributed by atoms with Gasteiger partial charge in [-0.25, -0.2) is 4.98 Å². The first kappa shape index (κ1) is 12.7. The average Bonchev–Trinajstić information content (AvgIpc) is 2.42. The molecule has 0 fully saturated rings. The van der Waals surface area contributed by atoms with Gasteiger partial charge in [-0.15, -0.1) is 0 Å². The van der Waals surface area contributed by atoms with Crippen LogP contribution in [0.3, 0.4) is 0 Å². The van der Waals surface area contributed by atoms with Crippen molar-refractivity contribution < 1.29 is 14.6 Å². The summed E-state index contributed by atoms with van der Waals surface area (Å²) < 4.78 is 10.6. The molecule has 0 atom stereocenters. The van der Waals surface area contributed by atoms with Crippen LogP contribution in [0.5, 0.6) is 17.4 Å². The summed E-state index contributed by atoms with van der Waals surface area (Å²) in [6.45, 7) is -0.102. The molecule has 0 saturated heterocycles. The number of aliphatic hydroxyl groups excluding tert-OH is 1. The van der Waals surface area contributed by atoms with Gasteiger partial charge < -0.3 is 14.6 Å². The number of nitrogens with zero attached hydrogens (tertiary/aromatic N) is 1. The highest BCUT2D eigenvalue weighted by molar-refractivity contribution is 6.31. The lowest BCUT2D eigenvalue weighted by molar-refractivity contribution is 0.281.